The maximum Gasteiger partial charge on any atom is 0.0732 e. The van der Waals surface area contributed by atoms with Gasteiger partial charge in [-0.05, 0) is 119 Å². The molecule has 1 spiro atoms. The average Bonchev–Trinajstić information content (AvgIpc) is 3.80. The predicted molar refractivity (Wildman–Crippen MR) is 251 cm³/mol. The number of hydrogen-bond acceptors (Lipinski definition) is 1. The molecule has 0 bridgehead atoms. The molecule has 2 aliphatic carbocycles. The van der Waals surface area contributed by atoms with Crippen LogP contribution < -0.4 is 4.90 Å². The molecule has 0 fully saturated rings. The van der Waals surface area contributed by atoms with E-state index in [1.165, 1.54) is 88.7 Å². The van der Waals surface area contributed by atoms with Gasteiger partial charge in [0.15, 0.2) is 0 Å². The lowest BCUT2D eigenvalue weighted by atomic mass is 9.69. The van der Waals surface area contributed by atoms with E-state index in [9.17, 15) is 0 Å². The highest BCUT2D eigenvalue weighted by atomic mass is 15.1. The Balaban J connectivity index is 1.15. The molecule has 10 aromatic carbocycles. The maximum atomic E-state index is 2.50. The van der Waals surface area contributed by atoms with E-state index in [-0.39, 0.29) is 0 Å². The molecule has 280 valence electrons. The lowest BCUT2D eigenvalue weighted by molar-refractivity contribution is 0.801. The number of fused-ring (bicyclic) bond motifs is 12. The van der Waals surface area contributed by atoms with Crippen molar-refractivity contribution in [2.24, 2.45) is 0 Å². The molecule has 1 heteroatoms. The fourth-order valence-corrected chi connectivity index (χ4v) is 10.3. The molecule has 1 atom stereocenters. The van der Waals surface area contributed by atoms with Crippen molar-refractivity contribution in [3.63, 3.8) is 0 Å². The third kappa shape index (κ3) is 5.13. The summed E-state index contributed by atoms with van der Waals surface area (Å²) in [5, 5.41) is 2.55. The second-order valence-electron chi connectivity index (χ2n) is 16.0. The molecule has 0 saturated carbocycles. The van der Waals surface area contributed by atoms with E-state index in [0.717, 1.165) is 17.1 Å². The van der Waals surface area contributed by atoms with Crippen LogP contribution in [0.15, 0.2) is 237 Å². The molecular weight excluding hydrogens is 723 g/mol. The van der Waals surface area contributed by atoms with Gasteiger partial charge in [-0.1, -0.05) is 200 Å². The maximum absolute atomic E-state index is 2.50. The zero-order chi connectivity index (χ0) is 39.6. The number of anilines is 3. The van der Waals surface area contributed by atoms with E-state index in [1.807, 2.05) is 0 Å². The summed E-state index contributed by atoms with van der Waals surface area (Å²) in [5.41, 5.74) is 20.6. The second-order valence-corrected chi connectivity index (χ2v) is 16.0. The smallest absolute Gasteiger partial charge is 0.0732 e. The minimum atomic E-state index is -0.543. The van der Waals surface area contributed by atoms with Gasteiger partial charge >= 0.3 is 0 Å². The highest BCUT2D eigenvalue weighted by Crippen LogP contribution is 2.66. The quantitative estimate of drug-likeness (QED) is 0.163. The number of benzene rings is 10. The summed E-state index contributed by atoms with van der Waals surface area (Å²) in [6, 6.07) is 87.3. The first-order valence-corrected chi connectivity index (χ1v) is 20.8. The molecule has 1 unspecified atom stereocenters. The van der Waals surface area contributed by atoms with Gasteiger partial charge in [-0.25, -0.2) is 0 Å². The normalized spacial score (nSPS) is 14.4. The lowest BCUT2D eigenvalue weighted by Crippen LogP contribution is -2.26. The Morgan fingerprint density at radius 3 is 1.45 bits per heavy atom. The van der Waals surface area contributed by atoms with Crippen molar-refractivity contribution in [2.45, 2.75) is 5.41 Å². The summed E-state index contributed by atoms with van der Waals surface area (Å²) in [4.78, 5) is 2.47. The zero-order valence-electron chi connectivity index (χ0n) is 33.0. The fraction of sp³-hybridized carbons (Fsp3) is 0.0169. The van der Waals surface area contributed by atoms with Gasteiger partial charge in [0.1, 0.15) is 0 Å². The first-order chi connectivity index (χ1) is 29.8. The Hall–Kier alpha value is -7.74. The average molecular weight is 762 g/mol. The zero-order valence-corrected chi connectivity index (χ0v) is 33.0. The van der Waals surface area contributed by atoms with Gasteiger partial charge in [0.2, 0.25) is 0 Å². The SMILES string of the molecule is c1ccc(-c2ccc(N(c3ccc(-c4ccccc4)cc3)c3cccc4c3-c3ccc(-c5ccccc5)cc3C43c4ccccc4-c4ccc5ccccc5c43)cc2)cc1. The van der Waals surface area contributed by atoms with Crippen LogP contribution in [0.3, 0.4) is 0 Å². The van der Waals surface area contributed by atoms with Crippen molar-refractivity contribution >= 4 is 27.8 Å². The van der Waals surface area contributed by atoms with Crippen molar-refractivity contribution in [2.75, 3.05) is 4.90 Å². The van der Waals surface area contributed by atoms with Crippen LogP contribution in [-0.2, 0) is 5.41 Å². The summed E-state index contributed by atoms with van der Waals surface area (Å²) >= 11 is 0. The third-order valence-corrected chi connectivity index (χ3v) is 12.9. The van der Waals surface area contributed by atoms with Crippen molar-refractivity contribution in [1.29, 1.82) is 0 Å². The predicted octanol–water partition coefficient (Wildman–Crippen LogP) is 15.7. The van der Waals surface area contributed by atoms with Crippen LogP contribution in [0.4, 0.5) is 17.1 Å². The molecule has 0 amide bonds. The van der Waals surface area contributed by atoms with Crippen LogP contribution in [-0.4, -0.2) is 0 Å². The molecule has 0 aromatic heterocycles. The van der Waals surface area contributed by atoms with E-state index < -0.39 is 5.41 Å². The molecule has 60 heavy (non-hydrogen) atoms. The van der Waals surface area contributed by atoms with E-state index in [1.54, 1.807) is 0 Å². The van der Waals surface area contributed by atoms with Crippen LogP contribution in [0.5, 0.6) is 0 Å². The summed E-state index contributed by atoms with van der Waals surface area (Å²) in [7, 11) is 0. The monoisotopic (exact) mass is 761 g/mol. The van der Waals surface area contributed by atoms with Crippen LogP contribution in [0.1, 0.15) is 22.3 Å². The van der Waals surface area contributed by atoms with Crippen LogP contribution in [0.25, 0.3) is 66.4 Å². The van der Waals surface area contributed by atoms with Crippen molar-refractivity contribution in [3.8, 4) is 55.6 Å². The lowest BCUT2D eigenvalue weighted by Gasteiger charge is -2.32. The molecule has 0 saturated heterocycles. The molecule has 12 rings (SSSR count). The van der Waals surface area contributed by atoms with Gasteiger partial charge in [-0.3, -0.25) is 0 Å². The molecular formula is C59H39N. The van der Waals surface area contributed by atoms with Crippen LogP contribution in [0, 0.1) is 0 Å². The summed E-state index contributed by atoms with van der Waals surface area (Å²) in [6.07, 6.45) is 0. The van der Waals surface area contributed by atoms with E-state index >= 15 is 0 Å². The Bertz CT molecular complexity index is 3140. The molecule has 0 radical (unpaired) electrons. The Labute approximate surface area is 351 Å². The third-order valence-electron chi connectivity index (χ3n) is 12.9. The Morgan fingerprint density at radius 2 is 0.800 bits per heavy atom. The van der Waals surface area contributed by atoms with E-state index in [2.05, 4.69) is 241 Å². The largest absolute Gasteiger partial charge is 0.310 e. The molecule has 0 N–H and O–H groups in total. The topological polar surface area (TPSA) is 3.24 Å². The van der Waals surface area contributed by atoms with Crippen molar-refractivity contribution < 1.29 is 0 Å². The number of rotatable bonds is 6. The minimum absolute atomic E-state index is 0.543. The highest BCUT2D eigenvalue weighted by Gasteiger charge is 2.53. The minimum Gasteiger partial charge on any atom is -0.310 e. The summed E-state index contributed by atoms with van der Waals surface area (Å²) in [5.74, 6) is 0. The highest BCUT2D eigenvalue weighted by molar-refractivity contribution is 6.06. The van der Waals surface area contributed by atoms with Gasteiger partial charge in [0.05, 0.1) is 11.1 Å². The summed E-state index contributed by atoms with van der Waals surface area (Å²) in [6.45, 7) is 0. The first kappa shape index (κ1) is 34.3. The number of nitrogens with zero attached hydrogens (tertiary/aromatic N) is 1. The molecule has 0 aliphatic heterocycles. The molecule has 1 nitrogen and oxygen atoms in total. The van der Waals surface area contributed by atoms with Gasteiger partial charge in [-0.15, -0.1) is 0 Å². The van der Waals surface area contributed by atoms with Gasteiger partial charge in [-0.2, -0.15) is 0 Å². The van der Waals surface area contributed by atoms with Crippen molar-refractivity contribution in [1.82, 2.24) is 0 Å². The standard InChI is InChI=1S/C59H39N/c1-4-15-40(16-5-1)43-27-33-47(34-28-43)60(48-35-29-44(30-36-48)41-17-6-2-7-18-41)56-26-14-25-54-57(56)52-38-32-46(42-19-8-3-9-20-42)39-55(52)59(54)53-24-13-12-23-50(53)51-37-31-45-21-10-11-22-49(45)58(51)59/h1-39H. The van der Waals surface area contributed by atoms with Gasteiger partial charge in [0, 0.05) is 16.9 Å². The Kier molecular flexibility index (Phi) is 7.83. The Morgan fingerprint density at radius 1 is 0.300 bits per heavy atom. The molecule has 10 aromatic rings. The molecule has 0 heterocycles. The second kappa shape index (κ2) is 13.7. The van der Waals surface area contributed by atoms with E-state index in [0.29, 0.717) is 0 Å². The van der Waals surface area contributed by atoms with E-state index in [4.69, 9.17) is 0 Å². The number of hydrogen-bond donors (Lipinski definition) is 0. The van der Waals surface area contributed by atoms with Gasteiger partial charge in [0.25, 0.3) is 0 Å². The van der Waals surface area contributed by atoms with Crippen LogP contribution in [0.2, 0.25) is 0 Å². The summed E-state index contributed by atoms with van der Waals surface area (Å²) < 4.78 is 0. The van der Waals surface area contributed by atoms with Gasteiger partial charge < -0.3 is 4.90 Å². The fourth-order valence-electron chi connectivity index (χ4n) is 10.3. The molecule has 2 aliphatic rings. The first-order valence-electron chi connectivity index (χ1n) is 20.8. The van der Waals surface area contributed by atoms with Crippen molar-refractivity contribution in [3.05, 3.63) is 259 Å². The van der Waals surface area contributed by atoms with Crippen LogP contribution >= 0.6 is 0 Å².